The van der Waals surface area contributed by atoms with Gasteiger partial charge in [-0.25, -0.2) is 8.42 Å². The Hall–Kier alpha value is -1.34. The van der Waals surface area contributed by atoms with E-state index in [0.717, 1.165) is 12.7 Å². The van der Waals surface area contributed by atoms with Gasteiger partial charge in [0.1, 0.15) is 5.76 Å². The normalized spacial score (nSPS) is 11.7. The maximum absolute atomic E-state index is 11.6. The first-order valence-electron chi connectivity index (χ1n) is 6.17. The van der Waals surface area contributed by atoms with Crippen molar-refractivity contribution in [2.24, 2.45) is 0 Å². The first-order chi connectivity index (χ1) is 8.93. The van der Waals surface area contributed by atoms with E-state index in [4.69, 9.17) is 4.42 Å². The van der Waals surface area contributed by atoms with E-state index >= 15 is 0 Å². The van der Waals surface area contributed by atoms with Gasteiger partial charge in [-0.1, -0.05) is 6.92 Å². The topological polar surface area (TPSA) is 79.6 Å². The van der Waals surface area contributed by atoms with Crippen molar-refractivity contribution in [3.63, 3.8) is 0 Å². The van der Waals surface area contributed by atoms with Gasteiger partial charge in [-0.15, -0.1) is 0 Å². The smallest absolute Gasteiger partial charge is 0.220 e. The second kappa shape index (κ2) is 7.30. The second-order valence-corrected chi connectivity index (χ2v) is 6.26. The molecule has 1 aromatic heterocycles. The van der Waals surface area contributed by atoms with Crippen LogP contribution in [0.4, 0.5) is 0 Å². The van der Waals surface area contributed by atoms with Crippen LogP contribution in [0.3, 0.4) is 0 Å². The van der Waals surface area contributed by atoms with Crippen LogP contribution in [-0.4, -0.2) is 38.0 Å². The van der Waals surface area contributed by atoms with Gasteiger partial charge in [0.05, 0.1) is 19.1 Å². The molecule has 0 saturated carbocycles. The summed E-state index contributed by atoms with van der Waals surface area (Å²) in [5.74, 6) is 0.513. The molecule has 0 aliphatic carbocycles. The third kappa shape index (κ3) is 5.89. The Morgan fingerprint density at radius 3 is 2.74 bits per heavy atom. The van der Waals surface area contributed by atoms with Crippen molar-refractivity contribution < 1.29 is 17.6 Å². The third-order valence-corrected chi connectivity index (χ3v) is 3.79. The molecule has 7 heteroatoms. The third-order valence-electron chi connectivity index (χ3n) is 2.54. The Kier molecular flexibility index (Phi) is 6.04. The number of nitrogens with zero attached hydrogens (tertiary/aromatic N) is 1. The quantitative estimate of drug-likeness (QED) is 0.772. The van der Waals surface area contributed by atoms with Crippen LogP contribution in [-0.2, 0) is 21.4 Å². The van der Waals surface area contributed by atoms with E-state index in [9.17, 15) is 13.2 Å². The molecule has 0 spiro atoms. The summed E-state index contributed by atoms with van der Waals surface area (Å²) in [4.78, 5) is 11.3. The summed E-state index contributed by atoms with van der Waals surface area (Å²) in [5, 5.41) is 2.69. The number of amides is 1. The van der Waals surface area contributed by atoms with Gasteiger partial charge < -0.3 is 9.73 Å². The molecule has 1 rings (SSSR count). The zero-order valence-corrected chi connectivity index (χ0v) is 12.1. The molecule has 0 atom stereocenters. The molecule has 0 aliphatic heterocycles. The van der Waals surface area contributed by atoms with Gasteiger partial charge in [0.25, 0.3) is 0 Å². The van der Waals surface area contributed by atoms with Crippen LogP contribution in [0.1, 0.15) is 25.5 Å². The van der Waals surface area contributed by atoms with Gasteiger partial charge in [-0.3, -0.25) is 4.79 Å². The molecule has 1 aromatic rings. The van der Waals surface area contributed by atoms with E-state index in [1.807, 2.05) is 6.92 Å². The fraction of sp³-hybridized carbons (Fsp3) is 0.583. The predicted molar refractivity (Wildman–Crippen MR) is 71.9 cm³/mol. The van der Waals surface area contributed by atoms with Gasteiger partial charge in [-0.05, 0) is 18.6 Å². The zero-order chi connectivity index (χ0) is 14.3. The number of carbonyl (C=O) groups excluding carboxylic acids is 1. The fourth-order valence-electron chi connectivity index (χ4n) is 1.57. The zero-order valence-electron chi connectivity index (χ0n) is 11.3. The standard InChI is InChI=1S/C12H20N2O4S/c1-3-5-12(15)13-7-8-14(19(2,16)17)10-11-6-4-9-18-11/h4,6,9H,3,5,7-8,10H2,1-2H3,(H,13,15). The van der Waals surface area contributed by atoms with Gasteiger partial charge in [0.2, 0.25) is 15.9 Å². The van der Waals surface area contributed by atoms with Crippen LogP contribution in [0.25, 0.3) is 0 Å². The summed E-state index contributed by atoms with van der Waals surface area (Å²) in [7, 11) is -3.33. The Labute approximate surface area is 113 Å². The number of rotatable bonds is 8. The van der Waals surface area contributed by atoms with E-state index < -0.39 is 10.0 Å². The van der Waals surface area contributed by atoms with Crippen molar-refractivity contribution in [1.82, 2.24) is 9.62 Å². The van der Waals surface area contributed by atoms with Crippen LogP contribution in [0.15, 0.2) is 22.8 Å². The Morgan fingerprint density at radius 1 is 1.47 bits per heavy atom. The van der Waals surface area contributed by atoms with E-state index in [1.54, 1.807) is 12.1 Å². The van der Waals surface area contributed by atoms with E-state index in [0.29, 0.717) is 18.7 Å². The highest BCUT2D eigenvalue weighted by Crippen LogP contribution is 2.08. The van der Waals surface area contributed by atoms with Crippen molar-refractivity contribution >= 4 is 15.9 Å². The summed E-state index contributed by atoms with van der Waals surface area (Å²) < 4.78 is 29.7. The predicted octanol–water partition coefficient (Wildman–Crippen LogP) is 0.957. The monoisotopic (exact) mass is 288 g/mol. The summed E-state index contributed by atoms with van der Waals surface area (Å²) >= 11 is 0. The van der Waals surface area contributed by atoms with Crippen LogP contribution >= 0.6 is 0 Å². The lowest BCUT2D eigenvalue weighted by Gasteiger charge is -2.18. The molecule has 6 nitrogen and oxygen atoms in total. The number of carbonyl (C=O) groups is 1. The number of sulfonamides is 1. The van der Waals surface area contributed by atoms with Gasteiger partial charge in [-0.2, -0.15) is 4.31 Å². The molecule has 0 unspecified atom stereocenters. The Balaban J connectivity index is 2.50. The lowest BCUT2D eigenvalue weighted by molar-refractivity contribution is -0.121. The van der Waals surface area contributed by atoms with Crippen molar-refractivity contribution in [2.75, 3.05) is 19.3 Å². The highest BCUT2D eigenvalue weighted by Gasteiger charge is 2.18. The van der Waals surface area contributed by atoms with Crippen LogP contribution in [0.5, 0.6) is 0 Å². The van der Waals surface area contributed by atoms with Crippen LogP contribution in [0, 0.1) is 0 Å². The van der Waals surface area contributed by atoms with E-state index in [1.165, 1.54) is 10.6 Å². The minimum atomic E-state index is -3.33. The molecule has 0 bridgehead atoms. The molecule has 0 saturated heterocycles. The minimum absolute atomic E-state index is 0.0612. The van der Waals surface area contributed by atoms with Crippen molar-refractivity contribution in [1.29, 1.82) is 0 Å². The Bertz CT molecular complexity index is 482. The molecule has 0 fully saturated rings. The molecule has 1 N–H and O–H groups in total. The molecule has 1 amide bonds. The summed E-state index contributed by atoms with van der Waals surface area (Å²) in [6.45, 7) is 2.62. The minimum Gasteiger partial charge on any atom is -0.468 e. The number of furan rings is 1. The number of hydrogen-bond acceptors (Lipinski definition) is 4. The molecule has 108 valence electrons. The highest BCUT2D eigenvalue weighted by molar-refractivity contribution is 7.88. The first-order valence-corrected chi connectivity index (χ1v) is 8.02. The van der Waals surface area contributed by atoms with Crippen molar-refractivity contribution in [2.45, 2.75) is 26.3 Å². The lowest BCUT2D eigenvalue weighted by atomic mass is 10.3. The van der Waals surface area contributed by atoms with E-state index in [2.05, 4.69) is 5.32 Å². The SMILES string of the molecule is CCCC(=O)NCCN(Cc1ccco1)S(C)(=O)=O. The lowest BCUT2D eigenvalue weighted by Crippen LogP contribution is -2.37. The van der Waals surface area contributed by atoms with Gasteiger partial charge >= 0.3 is 0 Å². The maximum Gasteiger partial charge on any atom is 0.220 e. The highest BCUT2D eigenvalue weighted by atomic mass is 32.2. The first kappa shape index (κ1) is 15.7. The second-order valence-electron chi connectivity index (χ2n) is 4.28. The molecular weight excluding hydrogens is 268 g/mol. The van der Waals surface area contributed by atoms with Gasteiger partial charge in [0.15, 0.2) is 0 Å². The summed E-state index contributed by atoms with van der Waals surface area (Å²) in [5.41, 5.74) is 0. The number of hydrogen-bond donors (Lipinski definition) is 1. The fourth-order valence-corrected chi connectivity index (χ4v) is 2.36. The average Bonchev–Trinajstić information content (AvgIpc) is 2.79. The molecule has 0 aliphatic rings. The van der Waals surface area contributed by atoms with Crippen LogP contribution in [0.2, 0.25) is 0 Å². The number of nitrogens with one attached hydrogen (secondary N) is 1. The summed E-state index contributed by atoms with van der Waals surface area (Å²) in [6, 6.07) is 3.42. The molecular formula is C12H20N2O4S. The molecule has 0 aromatic carbocycles. The van der Waals surface area contributed by atoms with E-state index in [-0.39, 0.29) is 19.0 Å². The average molecular weight is 288 g/mol. The molecule has 0 radical (unpaired) electrons. The molecule has 1 heterocycles. The van der Waals surface area contributed by atoms with Gasteiger partial charge in [0, 0.05) is 19.5 Å². The Morgan fingerprint density at radius 2 is 2.21 bits per heavy atom. The maximum atomic E-state index is 11.6. The summed E-state index contributed by atoms with van der Waals surface area (Å²) in [6.07, 6.45) is 3.87. The molecule has 19 heavy (non-hydrogen) atoms. The van der Waals surface area contributed by atoms with Crippen molar-refractivity contribution in [3.05, 3.63) is 24.2 Å². The van der Waals surface area contributed by atoms with Crippen LogP contribution < -0.4 is 5.32 Å². The van der Waals surface area contributed by atoms with Crippen molar-refractivity contribution in [3.8, 4) is 0 Å². The largest absolute Gasteiger partial charge is 0.468 e.